The van der Waals surface area contributed by atoms with E-state index in [1.807, 2.05) is 24.1 Å². The van der Waals surface area contributed by atoms with E-state index in [0.717, 1.165) is 11.1 Å². The predicted molar refractivity (Wildman–Crippen MR) is 150 cm³/mol. The standard InChI is InChI=1S/C24H36BrClN8O3/c1-24(2,3)15-11-14(19(36)16(25)12-15)13-29-6-7-30-17(35)5-9-34(4)10-8-31-23(37)18-21(27)33-22(28)20(26)32-18/h11-12,29,36H,5-10,13H2,1-4H3,(H,30,35)(H,31,37)(H4,27,28,33). The molecule has 0 saturated carbocycles. The molecule has 0 fully saturated rings. The zero-order valence-electron chi connectivity index (χ0n) is 21.6. The fraction of sp³-hybridized carbons (Fsp3) is 0.500. The van der Waals surface area contributed by atoms with Crippen molar-refractivity contribution in [3.63, 3.8) is 0 Å². The van der Waals surface area contributed by atoms with Crippen molar-refractivity contribution in [2.75, 3.05) is 51.2 Å². The molecule has 11 nitrogen and oxygen atoms in total. The highest BCUT2D eigenvalue weighted by Gasteiger charge is 2.18. The summed E-state index contributed by atoms with van der Waals surface area (Å²) in [5.41, 5.74) is 13.0. The van der Waals surface area contributed by atoms with E-state index >= 15 is 0 Å². The Balaban J connectivity index is 1.64. The van der Waals surface area contributed by atoms with E-state index in [0.29, 0.717) is 50.2 Å². The van der Waals surface area contributed by atoms with Crippen LogP contribution in [-0.2, 0) is 16.8 Å². The van der Waals surface area contributed by atoms with Crippen molar-refractivity contribution in [3.05, 3.63) is 38.6 Å². The number of nitrogens with zero attached hydrogens (tertiary/aromatic N) is 3. The molecule has 0 aliphatic heterocycles. The van der Waals surface area contributed by atoms with Crippen molar-refractivity contribution >= 4 is 51.0 Å². The number of aromatic hydroxyl groups is 1. The monoisotopic (exact) mass is 598 g/mol. The Hall–Kier alpha value is -2.67. The molecular weight excluding hydrogens is 564 g/mol. The molecule has 0 bridgehead atoms. The lowest BCUT2D eigenvalue weighted by Gasteiger charge is -2.21. The first-order chi connectivity index (χ1) is 17.3. The van der Waals surface area contributed by atoms with Crippen molar-refractivity contribution in [1.82, 2.24) is 30.8 Å². The fourth-order valence-electron chi connectivity index (χ4n) is 3.28. The number of phenols is 1. The summed E-state index contributed by atoms with van der Waals surface area (Å²) in [6, 6.07) is 3.93. The van der Waals surface area contributed by atoms with E-state index in [1.54, 1.807) is 0 Å². The van der Waals surface area contributed by atoms with Crippen LogP contribution in [0.5, 0.6) is 5.75 Å². The largest absolute Gasteiger partial charge is 0.506 e. The Labute approximate surface area is 230 Å². The molecule has 0 unspecified atom stereocenters. The van der Waals surface area contributed by atoms with Gasteiger partial charge in [0.15, 0.2) is 22.5 Å². The summed E-state index contributed by atoms with van der Waals surface area (Å²) >= 11 is 9.23. The van der Waals surface area contributed by atoms with Gasteiger partial charge >= 0.3 is 0 Å². The zero-order chi connectivity index (χ0) is 27.8. The van der Waals surface area contributed by atoms with Crippen molar-refractivity contribution in [3.8, 4) is 5.75 Å². The molecule has 1 heterocycles. The van der Waals surface area contributed by atoms with Gasteiger partial charge in [-0.1, -0.05) is 38.4 Å². The lowest BCUT2D eigenvalue weighted by Crippen LogP contribution is -2.36. The lowest BCUT2D eigenvalue weighted by atomic mass is 9.86. The Morgan fingerprint density at radius 3 is 2.46 bits per heavy atom. The van der Waals surface area contributed by atoms with Gasteiger partial charge in [-0.15, -0.1) is 0 Å². The van der Waals surface area contributed by atoms with Gasteiger partial charge in [0.1, 0.15) is 5.75 Å². The molecule has 1 aromatic heterocycles. The molecule has 0 atom stereocenters. The van der Waals surface area contributed by atoms with Crippen LogP contribution in [-0.4, -0.2) is 71.6 Å². The molecule has 0 aliphatic rings. The Bertz CT molecular complexity index is 1110. The quantitative estimate of drug-likeness (QED) is 0.200. The molecule has 2 amide bonds. The van der Waals surface area contributed by atoms with Crippen LogP contribution in [0.2, 0.25) is 5.15 Å². The molecular formula is C24H36BrClN8O3. The highest BCUT2D eigenvalue weighted by atomic mass is 79.9. The Kier molecular flexibility index (Phi) is 11.4. The molecule has 0 aliphatic carbocycles. The van der Waals surface area contributed by atoms with Gasteiger partial charge in [0.2, 0.25) is 5.91 Å². The summed E-state index contributed by atoms with van der Waals surface area (Å²) in [5.74, 6) is -0.490. The molecule has 8 N–H and O–H groups in total. The van der Waals surface area contributed by atoms with E-state index in [4.69, 9.17) is 23.1 Å². The van der Waals surface area contributed by atoms with Gasteiger partial charge in [-0.2, -0.15) is 0 Å². The average Bonchev–Trinajstić information content (AvgIpc) is 2.81. The topological polar surface area (TPSA) is 172 Å². The number of carbonyl (C=O) groups is 2. The molecule has 2 rings (SSSR count). The van der Waals surface area contributed by atoms with Gasteiger partial charge < -0.3 is 37.4 Å². The van der Waals surface area contributed by atoms with Gasteiger partial charge in [0.25, 0.3) is 5.91 Å². The zero-order valence-corrected chi connectivity index (χ0v) is 24.0. The van der Waals surface area contributed by atoms with Gasteiger partial charge in [-0.05, 0) is 40.0 Å². The molecule has 0 radical (unpaired) electrons. The third kappa shape index (κ3) is 9.62. The van der Waals surface area contributed by atoms with Crippen LogP contribution in [0.1, 0.15) is 48.8 Å². The number of benzene rings is 1. The van der Waals surface area contributed by atoms with E-state index < -0.39 is 5.91 Å². The fourth-order valence-corrected chi connectivity index (χ4v) is 3.91. The van der Waals surface area contributed by atoms with E-state index in [9.17, 15) is 14.7 Å². The van der Waals surface area contributed by atoms with Gasteiger partial charge in [-0.25, -0.2) is 9.97 Å². The number of carbonyl (C=O) groups excluding carboxylic acids is 2. The number of anilines is 2. The summed E-state index contributed by atoms with van der Waals surface area (Å²) in [6.07, 6.45) is 0.317. The van der Waals surface area contributed by atoms with Crippen LogP contribution in [0.25, 0.3) is 0 Å². The van der Waals surface area contributed by atoms with Crippen molar-refractivity contribution in [2.24, 2.45) is 0 Å². The minimum Gasteiger partial charge on any atom is -0.506 e. The van der Waals surface area contributed by atoms with Gasteiger partial charge in [-0.3, -0.25) is 9.59 Å². The lowest BCUT2D eigenvalue weighted by molar-refractivity contribution is -0.121. The van der Waals surface area contributed by atoms with Crippen LogP contribution in [0, 0.1) is 0 Å². The number of nitrogens with two attached hydrogens (primary N) is 2. The number of phenolic OH excluding ortho intramolecular Hbond substituents is 1. The van der Waals surface area contributed by atoms with E-state index in [2.05, 4.69) is 62.6 Å². The second kappa shape index (κ2) is 13.8. The predicted octanol–water partition coefficient (Wildman–Crippen LogP) is 2.02. The maximum atomic E-state index is 12.2. The van der Waals surface area contributed by atoms with Crippen LogP contribution < -0.4 is 27.4 Å². The number of amides is 2. The molecule has 13 heteroatoms. The van der Waals surface area contributed by atoms with Crippen molar-refractivity contribution < 1.29 is 14.7 Å². The second-order valence-electron chi connectivity index (χ2n) is 9.69. The third-order valence-corrected chi connectivity index (χ3v) is 6.45. The smallest absolute Gasteiger partial charge is 0.273 e. The number of halogens is 2. The summed E-state index contributed by atoms with van der Waals surface area (Å²) < 4.78 is 0.668. The minimum atomic E-state index is -0.503. The normalized spacial score (nSPS) is 11.5. The first-order valence-electron chi connectivity index (χ1n) is 11.8. The molecule has 0 saturated heterocycles. The van der Waals surface area contributed by atoms with Crippen LogP contribution in [0.15, 0.2) is 16.6 Å². The van der Waals surface area contributed by atoms with Crippen molar-refractivity contribution in [2.45, 2.75) is 39.2 Å². The highest BCUT2D eigenvalue weighted by molar-refractivity contribution is 9.10. The Morgan fingerprint density at radius 1 is 1.08 bits per heavy atom. The SMILES string of the molecule is CN(CCNC(=O)c1nc(Cl)c(N)nc1N)CCC(=O)NCCNCc1cc(C(C)(C)C)cc(Br)c1O. The van der Waals surface area contributed by atoms with E-state index in [1.165, 1.54) is 0 Å². The number of nitrogen functional groups attached to an aromatic ring is 2. The number of aromatic nitrogens is 2. The maximum absolute atomic E-state index is 12.2. The second-order valence-corrected chi connectivity index (χ2v) is 10.9. The number of hydrogen-bond donors (Lipinski definition) is 6. The van der Waals surface area contributed by atoms with Crippen LogP contribution in [0.3, 0.4) is 0 Å². The van der Waals surface area contributed by atoms with Gasteiger partial charge in [0, 0.05) is 51.3 Å². The summed E-state index contributed by atoms with van der Waals surface area (Å²) in [5, 5.41) is 19.1. The van der Waals surface area contributed by atoms with Crippen molar-refractivity contribution in [1.29, 1.82) is 0 Å². The molecule has 0 spiro atoms. The van der Waals surface area contributed by atoms with E-state index in [-0.39, 0.29) is 39.6 Å². The first kappa shape index (κ1) is 30.6. The summed E-state index contributed by atoms with van der Waals surface area (Å²) in [7, 11) is 1.85. The third-order valence-electron chi connectivity index (χ3n) is 5.57. The summed E-state index contributed by atoms with van der Waals surface area (Å²) in [4.78, 5) is 34.0. The number of nitrogens with one attached hydrogen (secondary N) is 3. The minimum absolute atomic E-state index is 0.0361. The first-order valence-corrected chi connectivity index (χ1v) is 13.0. The number of hydrogen-bond acceptors (Lipinski definition) is 9. The average molecular weight is 600 g/mol. The molecule has 2 aromatic rings. The summed E-state index contributed by atoms with van der Waals surface area (Å²) in [6.45, 7) is 9.23. The molecule has 204 valence electrons. The van der Waals surface area contributed by atoms with Gasteiger partial charge in [0.05, 0.1) is 4.47 Å². The number of rotatable bonds is 12. The number of likely N-dealkylation sites (N-methyl/N-ethyl adjacent to an activating group) is 1. The van der Waals surface area contributed by atoms with Crippen LogP contribution >= 0.6 is 27.5 Å². The molecule has 37 heavy (non-hydrogen) atoms. The Morgan fingerprint density at radius 2 is 1.78 bits per heavy atom. The van der Waals surface area contributed by atoms with Crippen LogP contribution in [0.4, 0.5) is 11.6 Å². The highest BCUT2D eigenvalue weighted by Crippen LogP contribution is 2.34. The molecule has 1 aromatic carbocycles. The maximum Gasteiger partial charge on any atom is 0.273 e.